The van der Waals surface area contributed by atoms with Crippen LogP contribution in [0.4, 0.5) is 0 Å². The minimum atomic E-state index is 0.0702. The molecule has 0 spiro atoms. The molecule has 1 N–H and O–H groups in total. The monoisotopic (exact) mass is 277 g/mol. The summed E-state index contributed by atoms with van der Waals surface area (Å²) in [6.45, 7) is 4.91. The van der Waals surface area contributed by atoms with Crippen molar-refractivity contribution >= 4 is 29.3 Å². The van der Waals surface area contributed by atoms with Gasteiger partial charge in [-0.1, -0.05) is 13.8 Å². The van der Waals surface area contributed by atoms with Gasteiger partial charge in [0.25, 0.3) is 0 Å². The van der Waals surface area contributed by atoms with Crippen LogP contribution in [0.3, 0.4) is 0 Å². The van der Waals surface area contributed by atoms with E-state index < -0.39 is 0 Å². The molecule has 1 unspecified atom stereocenters. The Morgan fingerprint density at radius 1 is 1.41 bits per heavy atom. The molecule has 1 rings (SSSR count). The highest BCUT2D eigenvalue weighted by Gasteiger charge is 2.17. The molecule has 1 fully saturated rings. The number of nitrogens with one attached hydrogen (secondary N) is 1. The normalized spacial score (nSPS) is 19.3. The first kappa shape index (κ1) is 15.2. The summed E-state index contributed by atoms with van der Waals surface area (Å²) in [6.07, 6.45) is 4.02. The Morgan fingerprint density at radius 2 is 2.06 bits per heavy atom. The zero-order chi connectivity index (χ0) is 12.7. The minimum absolute atomic E-state index is 0.0702. The van der Waals surface area contributed by atoms with Crippen LogP contribution in [0, 0.1) is 11.8 Å². The maximum atomic E-state index is 11.7. The lowest BCUT2D eigenvalue weighted by Gasteiger charge is -2.21. The fourth-order valence-corrected chi connectivity index (χ4v) is 3.74. The van der Waals surface area contributed by atoms with Gasteiger partial charge in [-0.2, -0.15) is 11.8 Å². The maximum Gasteiger partial charge on any atom is 0.220 e. The first-order valence-electron chi connectivity index (χ1n) is 6.56. The smallest absolute Gasteiger partial charge is 0.220 e. The van der Waals surface area contributed by atoms with Crippen LogP contribution < -0.4 is 5.32 Å². The number of hydrogen-bond acceptors (Lipinski definition) is 2. The average Bonchev–Trinajstić information content (AvgIpc) is 2.27. The van der Waals surface area contributed by atoms with Crippen molar-refractivity contribution in [3.8, 4) is 0 Å². The van der Waals surface area contributed by atoms with E-state index in [1.54, 1.807) is 0 Å². The molecular weight excluding hydrogens is 254 g/mol. The molecule has 1 atom stereocenters. The average molecular weight is 278 g/mol. The van der Waals surface area contributed by atoms with Crippen molar-refractivity contribution < 1.29 is 4.79 Å². The second-order valence-electron chi connectivity index (χ2n) is 5.29. The van der Waals surface area contributed by atoms with Gasteiger partial charge >= 0.3 is 0 Å². The molecule has 1 heterocycles. The van der Waals surface area contributed by atoms with Gasteiger partial charge in [-0.05, 0) is 42.6 Å². The number of alkyl halides is 1. The van der Waals surface area contributed by atoms with Crippen LogP contribution in [0.2, 0.25) is 0 Å². The van der Waals surface area contributed by atoms with Crippen LogP contribution in [-0.2, 0) is 4.79 Å². The Morgan fingerprint density at radius 3 is 2.65 bits per heavy atom. The summed E-state index contributed by atoms with van der Waals surface area (Å²) in [5.41, 5.74) is 0. The van der Waals surface area contributed by atoms with Crippen LogP contribution in [0.5, 0.6) is 0 Å². The fourth-order valence-electron chi connectivity index (χ4n) is 2.10. The molecule has 0 aromatic carbocycles. The topological polar surface area (TPSA) is 29.1 Å². The van der Waals surface area contributed by atoms with Crippen molar-refractivity contribution in [1.82, 2.24) is 5.32 Å². The van der Waals surface area contributed by atoms with E-state index in [0.717, 1.165) is 6.42 Å². The Labute approximate surface area is 114 Å². The molecule has 1 amide bonds. The third-order valence-electron chi connectivity index (χ3n) is 3.06. The number of hydrogen-bond donors (Lipinski definition) is 1. The van der Waals surface area contributed by atoms with Gasteiger partial charge in [0.2, 0.25) is 5.91 Å². The van der Waals surface area contributed by atoms with E-state index in [4.69, 9.17) is 11.6 Å². The number of halogens is 1. The summed E-state index contributed by atoms with van der Waals surface area (Å²) in [5.74, 6) is 3.78. The van der Waals surface area contributed by atoms with E-state index in [-0.39, 0.29) is 11.3 Å². The molecule has 0 saturated carbocycles. The largest absolute Gasteiger partial charge is 0.355 e. The number of carbonyl (C=O) groups is 1. The van der Waals surface area contributed by atoms with E-state index in [0.29, 0.717) is 24.8 Å². The van der Waals surface area contributed by atoms with E-state index in [9.17, 15) is 4.79 Å². The Kier molecular flexibility index (Phi) is 7.36. The Hall–Kier alpha value is 0.110. The highest BCUT2D eigenvalue weighted by molar-refractivity contribution is 7.99. The van der Waals surface area contributed by atoms with Crippen LogP contribution in [0.15, 0.2) is 0 Å². The zero-order valence-corrected chi connectivity index (χ0v) is 12.4. The van der Waals surface area contributed by atoms with Gasteiger partial charge in [0.1, 0.15) is 0 Å². The van der Waals surface area contributed by atoms with Crippen LogP contribution in [-0.4, -0.2) is 29.3 Å². The number of carbonyl (C=O) groups excluding carboxylic acids is 1. The predicted octanol–water partition coefficient (Wildman–Crippen LogP) is 3.29. The van der Waals surface area contributed by atoms with Gasteiger partial charge in [0, 0.05) is 13.0 Å². The van der Waals surface area contributed by atoms with E-state index in [1.807, 2.05) is 11.8 Å². The van der Waals surface area contributed by atoms with Crippen LogP contribution in [0.1, 0.15) is 39.5 Å². The van der Waals surface area contributed by atoms with Crippen molar-refractivity contribution in [1.29, 1.82) is 0 Å². The van der Waals surface area contributed by atoms with Crippen LogP contribution in [0.25, 0.3) is 0 Å². The molecular formula is C13H24ClNOS. The first-order chi connectivity index (χ1) is 8.08. The van der Waals surface area contributed by atoms with Crippen molar-refractivity contribution in [2.75, 3.05) is 18.1 Å². The highest BCUT2D eigenvalue weighted by Crippen LogP contribution is 2.25. The van der Waals surface area contributed by atoms with Gasteiger partial charge in [0.05, 0.1) is 5.38 Å². The molecule has 0 aromatic heterocycles. The summed E-state index contributed by atoms with van der Waals surface area (Å²) >= 11 is 8.14. The SMILES string of the molecule is CC(C)CC(Cl)CNC(=O)CC1CCSCC1. The molecule has 0 bridgehead atoms. The van der Waals surface area contributed by atoms with Crippen molar-refractivity contribution in [2.24, 2.45) is 11.8 Å². The summed E-state index contributed by atoms with van der Waals surface area (Å²) in [6, 6.07) is 0. The van der Waals surface area contributed by atoms with Gasteiger partial charge < -0.3 is 5.32 Å². The lowest BCUT2D eigenvalue weighted by Crippen LogP contribution is -2.32. The Bertz CT molecular complexity index is 229. The maximum absolute atomic E-state index is 11.7. The standard InChI is InChI=1S/C13H24ClNOS/c1-10(2)7-12(14)9-15-13(16)8-11-3-5-17-6-4-11/h10-12H,3-9H2,1-2H3,(H,15,16). The van der Waals surface area contributed by atoms with Gasteiger partial charge in [-0.3, -0.25) is 4.79 Å². The van der Waals surface area contributed by atoms with Gasteiger partial charge in [-0.25, -0.2) is 0 Å². The fraction of sp³-hybridized carbons (Fsp3) is 0.923. The molecule has 17 heavy (non-hydrogen) atoms. The van der Waals surface area contributed by atoms with Crippen molar-refractivity contribution in [3.05, 3.63) is 0 Å². The molecule has 2 nitrogen and oxygen atoms in total. The number of rotatable bonds is 6. The number of amides is 1. The van der Waals surface area contributed by atoms with Crippen molar-refractivity contribution in [2.45, 2.75) is 44.9 Å². The molecule has 1 saturated heterocycles. The lowest BCUT2D eigenvalue weighted by molar-refractivity contribution is -0.122. The molecule has 0 aromatic rings. The lowest BCUT2D eigenvalue weighted by atomic mass is 9.98. The van der Waals surface area contributed by atoms with Gasteiger partial charge in [-0.15, -0.1) is 11.6 Å². The third kappa shape index (κ3) is 7.20. The second-order valence-corrected chi connectivity index (χ2v) is 7.13. The number of thioether (sulfide) groups is 1. The molecule has 100 valence electrons. The summed E-state index contributed by atoms with van der Waals surface area (Å²) in [7, 11) is 0. The summed E-state index contributed by atoms with van der Waals surface area (Å²) < 4.78 is 0. The zero-order valence-electron chi connectivity index (χ0n) is 10.9. The van der Waals surface area contributed by atoms with E-state index in [2.05, 4.69) is 19.2 Å². The molecule has 0 radical (unpaired) electrons. The Balaban J connectivity index is 2.11. The van der Waals surface area contributed by atoms with E-state index in [1.165, 1.54) is 24.3 Å². The molecule has 0 aliphatic carbocycles. The molecule has 4 heteroatoms. The minimum Gasteiger partial charge on any atom is -0.355 e. The van der Waals surface area contributed by atoms with Gasteiger partial charge in [0.15, 0.2) is 0 Å². The summed E-state index contributed by atoms with van der Waals surface area (Å²) in [5, 5.41) is 3.03. The van der Waals surface area contributed by atoms with Crippen molar-refractivity contribution in [3.63, 3.8) is 0 Å². The first-order valence-corrected chi connectivity index (χ1v) is 8.15. The summed E-state index contributed by atoms with van der Waals surface area (Å²) in [4.78, 5) is 11.7. The predicted molar refractivity (Wildman–Crippen MR) is 76.8 cm³/mol. The molecule has 1 aliphatic heterocycles. The quantitative estimate of drug-likeness (QED) is 0.755. The van der Waals surface area contributed by atoms with Crippen LogP contribution >= 0.6 is 23.4 Å². The third-order valence-corrected chi connectivity index (χ3v) is 4.44. The highest BCUT2D eigenvalue weighted by atomic mass is 35.5. The van der Waals surface area contributed by atoms with E-state index >= 15 is 0 Å². The second kappa shape index (κ2) is 8.25. The molecule has 1 aliphatic rings.